The number of carbonyl (C=O) groups excluding carboxylic acids is 2. The lowest BCUT2D eigenvalue weighted by molar-refractivity contribution is -0.113. The van der Waals surface area contributed by atoms with E-state index < -0.39 is 5.97 Å². The Morgan fingerprint density at radius 2 is 1.82 bits per heavy atom. The van der Waals surface area contributed by atoms with E-state index in [0.717, 1.165) is 16.9 Å². The second-order valence-corrected chi connectivity index (χ2v) is 8.88. The molecule has 0 fully saturated rings. The van der Waals surface area contributed by atoms with Crippen molar-refractivity contribution >= 4 is 29.3 Å². The van der Waals surface area contributed by atoms with Crippen LogP contribution in [0.3, 0.4) is 0 Å². The summed E-state index contributed by atoms with van der Waals surface area (Å²) in [4.78, 5) is 24.5. The first-order valence-corrected chi connectivity index (χ1v) is 11.5. The van der Waals surface area contributed by atoms with Gasteiger partial charge in [-0.05, 0) is 69.2 Å². The smallest absolute Gasteiger partial charge is 0.338 e. The third-order valence-electron chi connectivity index (χ3n) is 4.55. The number of ether oxygens (including phenoxy) is 2. The third-order valence-corrected chi connectivity index (χ3v) is 5.57. The molecule has 1 N–H and O–H groups in total. The number of nitrogens with one attached hydrogen (secondary N) is 1. The van der Waals surface area contributed by atoms with E-state index in [1.54, 1.807) is 38.1 Å². The maximum Gasteiger partial charge on any atom is 0.338 e. The van der Waals surface area contributed by atoms with Gasteiger partial charge >= 0.3 is 5.97 Å². The third kappa shape index (κ3) is 7.08. The molecule has 174 valence electrons. The topological polar surface area (TPSA) is 95.3 Å². The van der Waals surface area contributed by atoms with Gasteiger partial charge in [0.15, 0.2) is 11.0 Å². The van der Waals surface area contributed by atoms with Crippen molar-refractivity contribution in [3.05, 3.63) is 65.0 Å². The predicted octanol–water partition coefficient (Wildman–Crippen LogP) is 4.31. The van der Waals surface area contributed by atoms with Crippen molar-refractivity contribution in [2.45, 2.75) is 45.6 Å². The van der Waals surface area contributed by atoms with E-state index in [2.05, 4.69) is 21.6 Å². The summed E-state index contributed by atoms with van der Waals surface area (Å²) in [5.41, 5.74) is 3.18. The highest BCUT2D eigenvalue weighted by atomic mass is 32.2. The molecule has 0 radical (unpaired) electrons. The Labute approximate surface area is 197 Å². The molecule has 8 nitrogen and oxygen atoms in total. The van der Waals surface area contributed by atoms with Crippen molar-refractivity contribution in [2.24, 2.45) is 7.05 Å². The first kappa shape index (κ1) is 24.3. The van der Waals surface area contributed by atoms with E-state index in [1.807, 2.05) is 37.6 Å². The molecule has 3 rings (SSSR count). The molecule has 1 aromatic heterocycles. The van der Waals surface area contributed by atoms with Gasteiger partial charge in [0.1, 0.15) is 12.4 Å². The highest BCUT2D eigenvalue weighted by Gasteiger charge is 2.14. The molecule has 1 heterocycles. The van der Waals surface area contributed by atoms with E-state index in [4.69, 9.17) is 9.47 Å². The summed E-state index contributed by atoms with van der Waals surface area (Å²) >= 11 is 1.27. The van der Waals surface area contributed by atoms with Crippen molar-refractivity contribution in [3.63, 3.8) is 0 Å². The van der Waals surface area contributed by atoms with Crippen molar-refractivity contribution in [1.29, 1.82) is 0 Å². The van der Waals surface area contributed by atoms with Crippen LogP contribution in [0.15, 0.2) is 47.6 Å². The summed E-state index contributed by atoms with van der Waals surface area (Å²) < 4.78 is 12.9. The van der Waals surface area contributed by atoms with Crippen molar-refractivity contribution in [1.82, 2.24) is 14.8 Å². The molecule has 0 bridgehead atoms. The van der Waals surface area contributed by atoms with Gasteiger partial charge in [-0.25, -0.2) is 4.79 Å². The number of hydrogen-bond acceptors (Lipinski definition) is 7. The molecule has 0 saturated heterocycles. The van der Waals surface area contributed by atoms with E-state index in [-0.39, 0.29) is 24.4 Å². The molecule has 0 unspecified atom stereocenters. The summed E-state index contributed by atoms with van der Waals surface area (Å²) in [5, 5.41) is 11.7. The van der Waals surface area contributed by atoms with Crippen LogP contribution in [0.4, 0.5) is 5.69 Å². The fourth-order valence-electron chi connectivity index (χ4n) is 3.09. The van der Waals surface area contributed by atoms with Crippen LogP contribution in [-0.2, 0) is 23.2 Å². The van der Waals surface area contributed by atoms with E-state index in [9.17, 15) is 9.59 Å². The van der Waals surface area contributed by atoms with Crippen LogP contribution in [0.2, 0.25) is 0 Å². The molecule has 0 atom stereocenters. The molecule has 0 aliphatic rings. The number of esters is 1. The largest absolute Gasteiger partial charge is 0.486 e. The molecule has 0 aliphatic carbocycles. The molecule has 33 heavy (non-hydrogen) atoms. The Kier molecular flexibility index (Phi) is 8.11. The molecule has 9 heteroatoms. The number of anilines is 1. The molecule has 0 saturated carbocycles. The van der Waals surface area contributed by atoms with Crippen molar-refractivity contribution in [3.8, 4) is 5.75 Å². The number of nitrogens with zero attached hydrogens (tertiary/aromatic N) is 3. The number of aromatic nitrogens is 3. The van der Waals surface area contributed by atoms with Crippen LogP contribution in [0.1, 0.15) is 41.2 Å². The minimum atomic E-state index is -0.426. The Bertz CT molecular complexity index is 1120. The molecule has 3 aromatic rings. The van der Waals surface area contributed by atoms with Gasteiger partial charge in [0.2, 0.25) is 5.91 Å². The number of benzene rings is 2. The molecular weight excluding hydrogens is 440 g/mol. The van der Waals surface area contributed by atoms with Crippen molar-refractivity contribution in [2.75, 3.05) is 11.1 Å². The zero-order valence-corrected chi connectivity index (χ0v) is 20.2. The SMILES string of the molecule is Cc1cc(C)cc(OCc2nnc(SCC(=O)Nc3cccc(C(=O)OC(C)C)c3)n2C)c1. The van der Waals surface area contributed by atoms with Crippen LogP contribution in [0.5, 0.6) is 5.75 Å². The van der Waals surface area contributed by atoms with Crippen molar-refractivity contribution < 1.29 is 19.1 Å². The molecule has 2 aromatic carbocycles. The van der Waals surface area contributed by atoms with Gasteiger partial charge in [0, 0.05) is 12.7 Å². The highest BCUT2D eigenvalue weighted by Crippen LogP contribution is 2.20. The van der Waals surface area contributed by atoms with Gasteiger partial charge in [-0.2, -0.15) is 0 Å². The number of carbonyl (C=O) groups is 2. The number of amides is 1. The number of rotatable bonds is 9. The Morgan fingerprint density at radius 1 is 1.09 bits per heavy atom. The average molecular weight is 469 g/mol. The minimum Gasteiger partial charge on any atom is -0.486 e. The minimum absolute atomic E-state index is 0.143. The fraction of sp³-hybridized carbons (Fsp3) is 0.333. The monoisotopic (exact) mass is 468 g/mol. The van der Waals surface area contributed by atoms with Crippen LogP contribution in [0, 0.1) is 13.8 Å². The molecular formula is C24H28N4O4S. The van der Waals surface area contributed by atoms with Gasteiger partial charge in [-0.15, -0.1) is 10.2 Å². The Morgan fingerprint density at radius 3 is 2.52 bits per heavy atom. The van der Waals surface area contributed by atoms with Crippen LogP contribution < -0.4 is 10.1 Å². The molecule has 0 aliphatic heterocycles. The van der Waals surface area contributed by atoms with Gasteiger partial charge in [-0.1, -0.05) is 23.9 Å². The Balaban J connectivity index is 1.53. The quantitative estimate of drug-likeness (QED) is 0.369. The number of thioether (sulfide) groups is 1. The van der Waals surface area contributed by atoms with Crippen LogP contribution in [-0.4, -0.2) is 38.5 Å². The Hall–Kier alpha value is -3.33. The van der Waals surface area contributed by atoms with Gasteiger partial charge in [0.05, 0.1) is 17.4 Å². The van der Waals surface area contributed by atoms with E-state index in [1.165, 1.54) is 11.8 Å². The standard InChI is InChI=1S/C24H28N4O4S/c1-15(2)32-23(30)18-7-6-8-19(12-18)25-22(29)14-33-24-27-26-21(28(24)5)13-31-20-10-16(3)9-17(4)11-20/h6-12,15H,13-14H2,1-5H3,(H,25,29). The predicted molar refractivity (Wildman–Crippen MR) is 128 cm³/mol. The summed E-state index contributed by atoms with van der Waals surface area (Å²) in [6, 6.07) is 12.7. The number of hydrogen-bond donors (Lipinski definition) is 1. The lowest BCUT2D eigenvalue weighted by Gasteiger charge is -2.10. The zero-order valence-electron chi connectivity index (χ0n) is 19.4. The van der Waals surface area contributed by atoms with Gasteiger partial charge in [0.25, 0.3) is 0 Å². The fourth-order valence-corrected chi connectivity index (χ4v) is 3.82. The lowest BCUT2D eigenvalue weighted by Crippen LogP contribution is -2.16. The van der Waals surface area contributed by atoms with E-state index in [0.29, 0.717) is 22.2 Å². The maximum absolute atomic E-state index is 12.4. The summed E-state index contributed by atoms with van der Waals surface area (Å²) in [5.74, 6) is 0.942. The van der Waals surface area contributed by atoms with Gasteiger partial charge in [-0.3, -0.25) is 4.79 Å². The van der Waals surface area contributed by atoms with Gasteiger partial charge < -0.3 is 19.4 Å². The lowest BCUT2D eigenvalue weighted by atomic mass is 10.1. The second-order valence-electron chi connectivity index (χ2n) is 7.94. The highest BCUT2D eigenvalue weighted by molar-refractivity contribution is 7.99. The first-order chi connectivity index (χ1) is 15.7. The average Bonchev–Trinajstić information content (AvgIpc) is 3.09. The van der Waals surface area contributed by atoms with Crippen LogP contribution in [0.25, 0.3) is 0 Å². The maximum atomic E-state index is 12.4. The summed E-state index contributed by atoms with van der Waals surface area (Å²) in [6.45, 7) is 7.89. The number of aryl methyl sites for hydroxylation is 2. The second kappa shape index (κ2) is 11.0. The van der Waals surface area contributed by atoms with E-state index >= 15 is 0 Å². The normalized spacial score (nSPS) is 10.8. The molecule has 0 spiro atoms. The zero-order chi connectivity index (χ0) is 24.0. The van der Waals surface area contributed by atoms with Crippen LogP contribution >= 0.6 is 11.8 Å². The summed E-state index contributed by atoms with van der Waals surface area (Å²) in [6.07, 6.45) is -0.213. The summed E-state index contributed by atoms with van der Waals surface area (Å²) in [7, 11) is 1.84. The molecule has 1 amide bonds. The first-order valence-electron chi connectivity index (χ1n) is 10.5.